The number of alkyl halides is 3. The predicted octanol–water partition coefficient (Wildman–Crippen LogP) is 3.03. The Morgan fingerprint density at radius 2 is 2.00 bits per heavy atom. The van der Waals surface area contributed by atoms with Gasteiger partial charge in [0.15, 0.2) is 0 Å². The van der Waals surface area contributed by atoms with Crippen molar-refractivity contribution in [2.75, 3.05) is 13.1 Å². The lowest BCUT2D eigenvalue weighted by molar-refractivity contribution is -0.137. The van der Waals surface area contributed by atoms with Gasteiger partial charge in [-0.3, -0.25) is 0 Å². The van der Waals surface area contributed by atoms with Gasteiger partial charge in [-0.25, -0.2) is 0 Å². The molecule has 1 aliphatic heterocycles. The highest BCUT2D eigenvalue weighted by molar-refractivity contribution is 5.31. The monoisotopic (exact) mass is 241 g/mol. The van der Waals surface area contributed by atoms with Gasteiger partial charge in [-0.05, 0) is 48.9 Å². The van der Waals surface area contributed by atoms with Gasteiger partial charge in [0.2, 0.25) is 0 Å². The van der Waals surface area contributed by atoms with Crippen LogP contribution in [0.4, 0.5) is 13.2 Å². The topological polar surface area (TPSA) is 12.0 Å². The lowest BCUT2D eigenvalue weighted by Crippen LogP contribution is -2.33. The molecule has 0 bridgehead atoms. The molecule has 1 N–H and O–H groups in total. The van der Waals surface area contributed by atoms with Gasteiger partial charge in [0.1, 0.15) is 0 Å². The molecule has 1 nitrogen and oxygen atoms in total. The molecule has 17 heavy (non-hydrogen) atoms. The molecule has 1 saturated heterocycles. The molecule has 3 rings (SSSR count). The molecule has 1 saturated carbocycles. The van der Waals surface area contributed by atoms with Gasteiger partial charge < -0.3 is 5.32 Å². The minimum absolute atomic E-state index is 0.317. The summed E-state index contributed by atoms with van der Waals surface area (Å²) in [5.41, 5.74) is 0.328. The Hall–Kier alpha value is -1.03. The van der Waals surface area contributed by atoms with Crippen molar-refractivity contribution in [2.45, 2.75) is 18.5 Å². The Balaban J connectivity index is 1.84. The fraction of sp³-hybridized carbons (Fsp3) is 0.538. The van der Waals surface area contributed by atoms with E-state index in [1.54, 1.807) is 0 Å². The molecule has 0 radical (unpaired) electrons. The van der Waals surface area contributed by atoms with Crippen molar-refractivity contribution >= 4 is 0 Å². The number of halogens is 3. The largest absolute Gasteiger partial charge is 0.416 e. The quantitative estimate of drug-likeness (QED) is 0.797. The summed E-state index contributed by atoms with van der Waals surface area (Å²) in [6.07, 6.45) is -3.20. The van der Waals surface area contributed by atoms with E-state index in [4.69, 9.17) is 0 Å². The Labute approximate surface area is 98.0 Å². The first-order chi connectivity index (χ1) is 8.05. The number of fused-ring (bicyclic) bond motifs is 1. The second kappa shape index (κ2) is 3.73. The molecule has 0 spiro atoms. The highest BCUT2D eigenvalue weighted by atomic mass is 19.4. The average molecular weight is 241 g/mol. The number of nitrogens with one attached hydrogen (secondary N) is 1. The van der Waals surface area contributed by atoms with Gasteiger partial charge >= 0.3 is 6.18 Å². The minimum Gasteiger partial charge on any atom is -0.316 e. The van der Waals surface area contributed by atoms with Gasteiger partial charge in [0.05, 0.1) is 5.56 Å². The van der Waals surface area contributed by atoms with Crippen LogP contribution < -0.4 is 5.32 Å². The molecule has 2 aliphatic rings. The molecule has 92 valence electrons. The van der Waals surface area contributed by atoms with Crippen LogP contribution in [-0.2, 0) is 6.18 Å². The standard InChI is InChI=1S/C13H14F3N/c14-13(15,16)10-3-1-2-8(4-10)11-5-9-6-17-7-12(9)11/h1-4,9,11-12,17H,5-7H2. The van der Waals surface area contributed by atoms with Gasteiger partial charge in [0, 0.05) is 0 Å². The molecule has 4 heteroatoms. The first kappa shape index (κ1) is 11.1. The van der Waals surface area contributed by atoms with Crippen molar-refractivity contribution in [3.63, 3.8) is 0 Å². The van der Waals surface area contributed by atoms with E-state index in [-0.39, 0.29) is 0 Å². The van der Waals surface area contributed by atoms with E-state index in [0.29, 0.717) is 17.8 Å². The van der Waals surface area contributed by atoms with E-state index < -0.39 is 11.7 Å². The van der Waals surface area contributed by atoms with Crippen molar-refractivity contribution in [1.82, 2.24) is 5.32 Å². The van der Waals surface area contributed by atoms with Crippen molar-refractivity contribution in [2.24, 2.45) is 11.8 Å². The van der Waals surface area contributed by atoms with Crippen LogP contribution >= 0.6 is 0 Å². The molecule has 0 aromatic heterocycles. The number of hydrogen-bond donors (Lipinski definition) is 1. The molecule has 3 unspecified atom stereocenters. The highest BCUT2D eigenvalue weighted by Crippen LogP contribution is 2.49. The second-order valence-corrected chi connectivity index (χ2v) is 5.05. The van der Waals surface area contributed by atoms with Gasteiger partial charge in [-0.1, -0.05) is 18.2 Å². The fourth-order valence-electron chi connectivity index (χ4n) is 3.12. The van der Waals surface area contributed by atoms with Crippen LogP contribution in [0.1, 0.15) is 23.5 Å². The summed E-state index contributed by atoms with van der Waals surface area (Å²) in [5, 5.41) is 3.31. The summed E-state index contributed by atoms with van der Waals surface area (Å²) in [7, 11) is 0. The number of benzene rings is 1. The maximum absolute atomic E-state index is 12.6. The van der Waals surface area contributed by atoms with E-state index in [2.05, 4.69) is 5.32 Å². The molecule has 1 heterocycles. The zero-order valence-electron chi connectivity index (χ0n) is 9.30. The summed E-state index contributed by atoms with van der Waals surface area (Å²) in [5.74, 6) is 1.53. The summed E-state index contributed by atoms with van der Waals surface area (Å²) in [6, 6.07) is 5.81. The van der Waals surface area contributed by atoms with Crippen LogP contribution in [0, 0.1) is 11.8 Å². The Morgan fingerprint density at radius 3 is 2.71 bits per heavy atom. The highest BCUT2D eigenvalue weighted by Gasteiger charge is 2.44. The average Bonchev–Trinajstić information content (AvgIpc) is 2.60. The summed E-state index contributed by atoms with van der Waals surface area (Å²) in [6.45, 7) is 1.98. The van der Waals surface area contributed by atoms with E-state index in [0.717, 1.165) is 31.1 Å². The van der Waals surface area contributed by atoms with Crippen LogP contribution in [0.5, 0.6) is 0 Å². The maximum atomic E-state index is 12.6. The van der Waals surface area contributed by atoms with Crippen molar-refractivity contribution in [3.05, 3.63) is 35.4 Å². The molecule has 0 amide bonds. The van der Waals surface area contributed by atoms with Crippen LogP contribution in [0.2, 0.25) is 0 Å². The third-order valence-electron chi connectivity index (χ3n) is 4.11. The first-order valence-corrected chi connectivity index (χ1v) is 5.93. The second-order valence-electron chi connectivity index (χ2n) is 5.05. The molecule has 1 aliphatic carbocycles. The third-order valence-corrected chi connectivity index (χ3v) is 4.11. The third kappa shape index (κ3) is 1.84. The Morgan fingerprint density at radius 1 is 1.18 bits per heavy atom. The van der Waals surface area contributed by atoms with Crippen LogP contribution in [-0.4, -0.2) is 13.1 Å². The summed E-state index contributed by atoms with van der Waals surface area (Å²) in [4.78, 5) is 0. The van der Waals surface area contributed by atoms with E-state index in [1.807, 2.05) is 6.07 Å². The molecule has 2 fully saturated rings. The predicted molar refractivity (Wildman–Crippen MR) is 58.7 cm³/mol. The molecular weight excluding hydrogens is 227 g/mol. The lowest BCUT2D eigenvalue weighted by Gasteiger charge is -2.40. The summed E-state index contributed by atoms with van der Waals surface area (Å²) >= 11 is 0. The van der Waals surface area contributed by atoms with Crippen LogP contribution in [0.3, 0.4) is 0 Å². The fourth-order valence-corrected chi connectivity index (χ4v) is 3.12. The van der Waals surface area contributed by atoms with E-state index in [1.165, 1.54) is 12.1 Å². The normalized spacial score (nSPS) is 32.1. The van der Waals surface area contributed by atoms with Crippen molar-refractivity contribution in [1.29, 1.82) is 0 Å². The van der Waals surface area contributed by atoms with E-state index >= 15 is 0 Å². The molecule has 1 aromatic carbocycles. The summed E-state index contributed by atoms with van der Waals surface area (Å²) < 4.78 is 37.8. The zero-order chi connectivity index (χ0) is 12.0. The maximum Gasteiger partial charge on any atom is 0.416 e. The lowest BCUT2D eigenvalue weighted by atomic mass is 9.64. The first-order valence-electron chi connectivity index (χ1n) is 5.93. The van der Waals surface area contributed by atoms with Crippen molar-refractivity contribution in [3.8, 4) is 0 Å². The van der Waals surface area contributed by atoms with Crippen molar-refractivity contribution < 1.29 is 13.2 Å². The van der Waals surface area contributed by atoms with Crippen LogP contribution in [0.15, 0.2) is 24.3 Å². The Bertz CT molecular complexity index is 427. The van der Waals surface area contributed by atoms with Gasteiger partial charge in [-0.2, -0.15) is 13.2 Å². The van der Waals surface area contributed by atoms with E-state index in [9.17, 15) is 13.2 Å². The number of hydrogen-bond acceptors (Lipinski definition) is 1. The SMILES string of the molecule is FC(F)(F)c1cccc(C2CC3CNCC32)c1. The molecule has 3 atom stereocenters. The minimum atomic E-state index is -4.23. The Kier molecular flexibility index (Phi) is 2.43. The molecule has 1 aromatic rings. The number of rotatable bonds is 1. The van der Waals surface area contributed by atoms with Gasteiger partial charge in [0.25, 0.3) is 0 Å². The zero-order valence-corrected chi connectivity index (χ0v) is 9.30. The van der Waals surface area contributed by atoms with Crippen LogP contribution in [0.25, 0.3) is 0 Å². The van der Waals surface area contributed by atoms with Gasteiger partial charge in [-0.15, -0.1) is 0 Å². The smallest absolute Gasteiger partial charge is 0.316 e. The molecular formula is C13H14F3N.